The number of aryl methyl sites for hydroxylation is 1. The Kier molecular flexibility index (Phi) is 5.40. The molecule has 116 valence electrons. The van der Waals surface area contributed by atoms with Crippen LogP contribution in [0.5, 0.6) is 0 Å². The zero-order valence-corrected chi connectivity index (χ0v) is 13.5. The van der Waals surface area contributed by atoms with Gasteiger partial charge in [-0.05, 0) is 51.8 Å². The lowest BCUT2D eigenvalue weighted by molar-refractivity contribution is -0.147. The molecule has 0 amide bonds. The van der Waals surface area contributed by atoms with E-state index in [2.05, 4.69) is 43.0 Å². The van der Waals surface area contributed by atoms with E-state index in [1.54, 1.807) is 0 Å². The molecule has 1 aliphatic heterocycles. The van der Waals surface area contributed by atoms with Crippen LogP contribution in [0.1, 0.15) is 50.7 Å². The highest BCUT2D eigenvalue weighted by atomic mass is 16.5. The average Bonchev–Trinajstić information content (AvgIpc) is 3.01. The van der Waals surface area contributed by atoms with E-state index < -0.39 is 0 Å². The van der Waals surface area contributed by atoms with Gasteiger partial charge in [0.15, 0.2) is 0 Å². The van der Waals surface area contributed by atoms with Crippen molar-refractivity contribution in [3.8, 4) is 0 Å². The minimum atomic E-state index is -0.212. The first-order valence-electron chi connectivity index (χ1n) is 8.10. The van der Waals surface area contributed by atoms with E-state index in [1.165, 1.54) is 24.0 Å². The Morgan fingerprint density at radius 1 is 1.19 bits per heavy atom. The minimum Gasteiger partial charge on any atom is -0.466 e. The molecule has 1 unspecified atom stereocenters. The van der Waals surface area contributed by atoms with Crippen LogP contribution in [-0.4, -0.2) is 30.6 Å². The van der Waals surface area contributed by atoms with Crippen molar-refractivity contribution in [3.05, 3.63) is 35.4 Å². The van der Waals surface area contributed by atoms with Gasteiger partial charge in [0.2, 0.25) is 0 Å². The lowest BCUT2D eigenvalue weighted by Crippen LogP contribution is -2.46. The van der Waals surface area contributed by atoms with E-state index in [0.717, 1.165) is 19.5 Å². The molecule has 1 aromatic rings. The first-order valence-corrected chi connectivity index (χ1v) is 8.10. The molecule has 1 atom stereocenters. The SMILES string of the molecule is CCOC(=O)CC(CC)(c1ccc(C)cc1)N1CCCC1. The summed E-state index contributed by atoms with van der Waals surface area (Å²) in [6, 6.07) is 8.63. The highest BCUT2D eigenvalue weighted by molar-refractivity contribution is 5.71. The van der Waals surface area contributed by atoms with Gasteiger partial charge in [-0.2, -0.15) is 0 Å². The molecule has 21 heavy (non-hydrogen) atoms. The molecule has 1 aromatic carbocycles. The molecule has 1 saturated heterocycles. The lowest BCUT2D eigenvalue weighted by Gasteiger charge is -2.41. The van der Waals surface area contributed by atoms with Crippen LogP contribution in [0.15, 0.2) is 24.3 Å². The van der Waals surface area contributed by atoms with Crippen LogP contribution < -0.4 is 0 Å². The number of ether oxygens (including phenoxy) is 1. The Hall–Kier alpha value is -1.35. The summed E-state index contributed by atoms with van der Waals surface area (Å²) in [5.41, 5.74) is 2.28. The van der Waals surface area contributed by atoms with Crippen molar-refractivity contribution in [1.29, 1.82) is 0 Å². The molecule has 1 aliphatic rings. The number of carbonyl (C=O) groups excluding carboxylic acids is 1. The van der Waals surface area contributed by atoms with Crippen LogP contribution in [-0.2, 0) is 15.1 Å². The highest BCUT2D eigenvalue weighted by Crippen LogP contribution is 2.38. The summed E-state index contributed by atoms with van der Waals surface area (Å²) in [7, 11) is 0. The Labute approximate surface area is 128 Å². The Balaban J connectivity index is 2.35. The summed E-state index contributed by atoms with van der Waals surface area (Å²) in [5.74, 6) is -0.0909. The van der Waals surface area contributed by atoms with Gasteiger partial charge < -0.3 is 4.74 Å². The molecule has 0 radical (unpaired) electrons. The summed E-state index contributed by atoms with van der Waals surface area (Å²) >= 11 is 0. The molecule has 0 saturated carbocycles. The topological polar surface area (TPSA) is 29.5 Å². The molecule has 1 fully saturated rings. The summed E-state index contributed by atoms with van der Waals surface area (Å²) in [5, 5.41) is 0. The van der Waals surface area contributed by atoms with E-state index >= 15 is 0 Å². The van der Waals surface area contributed by atoms with Gasteiger partial charge in [0.1, 0.15) is 0 Å². The molecule has 2 rings (SSSR count). The summed E-state index contributed by atoms with van der Waals surface area (Å²) < 4.78 is 5.24. The molecule has 0 spiro atoms. The van der Waals surface area contributed by atoms with E-state index in [0.29, 0.717) is 13.0 Å². The fourth-order valence-corrected chi connectivity index (χ4v) is 3.41. The van der Waals surface area contributed by atoms with E-state index in [4.69, 9.17) is 4.74 Å². The number of hydrogen-bond donors (Lipinski definition) is 0. The van der Waals surface area contributed by atoms with E-state index in [9.17, 15) is 4.79 Å². The largest absolute Gasteiger partial charge is 0.466 e. The molecule has 3 heteroatoms. The van der Waals surface area contributed by atoms with Crippen molar-refractivity contribution in [2.75, 3.05) is 19.7 Å². The number of carbonyl (C=O) groups is 1. The van der Waals surface area contributed by atoms with E-state index in [-0.39, 0.29) is 11.5 Å². The Bertz CT molecular complexity index is 463. The smallest absolute Gasteiger partial charge is 0.308 e. The van der Waals surface area contributed by atoms with Crippen LogP contribution in [0, 0.1) is 6.92 Å². The van der Waals surface area contributed by atoms with Crippen LogP contribution in [0.4, 0.5) is 0 Å². The van der Waals surface area contributed by atoms with Gasteiger partial charge in [0, 0.05) is 0 Å². The predicted molar refractivity (Wildman–Crippen MR) is 85.2 cm³/mol. The Morgan fingerprint density at radius 2 is 1.81 bits per heavy atom. The molecule has 0 N–H and O–H groups in total. The second-order valence-electron chi connectivity index (χ2n) is 5.93. The fraction of sp³-hybridized carbons (Fsp3) is 0.611. The third-order valence-corrected chi connectivity index (χ3v) is 4.63. The van der Waals surface area contributed by atoms with Crippen molar-refractivity contribution < 1.29 is 9.53 Å². The van der Waals surface area contributed by atoms with Gasteiger partial charge in [-0.25, -0.2) is 0 Å². The average molecular weight is 289 g/mol. The molecule has 0 aromatic heterocycles. The number of esters is 1. The predicted octanol–water partition coefficient (Wildman–Crippen LogP) is 3.65. The van der Waals surface area contributed by atoms with Gasteiger partial charge in [-0.15, -0.1) is 0 Å². The third kappa shape index (κ3) is 3.46. The third-order valence-electron chi connectivity index (χ3n) is 4.63. The molecular formula is C18H27NO2. The fourth-order valence-electron chi connectivity index (χ4n) is 3.41. The van der Waals surface area contributed by atoms with Crippen molar-refractivity contribution in [2.45, 2.75) is 52.0 Å². The van der Waals surface area contributed by atoms with Crippen molar-refractivity contribution >= 4 is 5.97 Å². The maximum absolute atomic E-state index is 12.2. The zero-order chi connectivity index (χ0) is 15.3. The normalized spacial score (nSPS) is 18.4. The molecule has 0 bridgehead atoms. The second-order valence-corrected chi connectivity index (χ2v) is 5.93. The van der Waals surface area contributed by atoms with E-state index in [1.807, 2.05) is 6.92 Å². The van der Waals surface area contributed by atoms with Gasteiger partial charge in [0.25, 0.3) is 0 Å². The van der Waals surface area contributed by atoms with Crippen LogP contribution >= 0.6 is 0 Å². The number of benzene rings is 1. The van der Waals surface area contributed by atoms with Crippen LogP contribution in [0.25, 0.3) is 0 Å². The van der Waals surface area contributed by atoms with Crippen LogP contribution in [0.2, 0.25) is 0 Å². The van der Waals surface area contributed by atoms with Gasteiger partial charge in [0.05, 0.1) is 18.6 Å². The number of rotatable bonds is 6. The summed E-state index contributed by atoms with van der Waals surface area (Å²) in [4.78, 5) is 14.6. The minimum absolute atomic E-state index is 0.0909. The van der Waals surface area contributed by atoms with Crippen molar-refractivity contribution in [1.82, 2.24) is 4.90 Å². The number of likely N-dealkylation sites (tertiary alicyclic amines) is 1. The van der Waals surface area contributed by atoms with Gasteiger partial charge in [-0.3, -0.25) is 9.69 Å². The number of nitrogens with zero attached hydrogens (tertiary/aromatic N) is 1. The maximum Gasteiger partial charge on any atom is 0.308 e. The standard InChI is InChI=1S/C18H27NO2/c1-4-18(14-17(20)21-5-2,19-12-6-7-13-19)16-10-8-15(3)9-11-16/h8-11H,4-7,12-14H2,1-3H3. The quantitative estimate of drug-likeness (QED) is 0.749. The van der Waals surface area contributed by atoms with Crippen molar-refractivity contribution in [3.63, 3.8) is 0 Å². The number of hydrogen-bond acceptors (Lipinski definition) is 3. The lowest BCUT2D eigenvalue weighted by atomic mass is 9.82. The maximum atomic E-state index is 12.2. The Morgan fingerprint density at radius 3 is 2.33 bits per heavy atom. The van der Waals surface area contributed by atoms with Crippen molar-refractivity contribution in [2.24, 2.45) is 0 Å². The first kappa shape index (κ1) is 16.0. The highest BCUT2D eigenvalue weighted by Gasteiger charge is 2.40. The molecule has 1 heterocycles. The van der Waals surface area contributed by atoms with Gasteiger partial charge >= 0.3 is 5.97 Å². The molecule has 3 nitrogen and oxygen atoms in total. The molecule has 0 aliphatic carbocycles. The molecular weight excluding hydrogens is 262 g/mol. The summed E-state index contributed by atoms with van der Waals surface area (Å²) in [6.45, 7) is 8.73. The second kappa shape index (κ2) is 7.08. The summed E-state index contributed by atoms with van der Waals surface area (Å²) in [6.07, 6.45) is 3.81. The first-order chi connectivity index (χ1) is 10.1. The monoisotopic (exact) mass is 289 g/mol. The zero-order valence-electron chi connectivity index (χ0n) is 13.5. The van der Waals surface area contributed by atoms with Gasteiger partial charge in [-0.1, -0.05) is 36.8 Å². The van der Waals surface area contributed by atoms with Crippen LogP contribution in [0.3, 0.4) is 0 Å².